The molecular weight excluding hydrogens is 438 g/mol. The SMILES string of the molecule is CC(OC(=O)C1CCCN(S(=O)(=O)c2cccs2)C1)C(=O)Nc1ccc(N(C)C)cc1. The number of piperidine rings is 1. The van der Waals surface area contributed by atoms with Gasteiger partial charge in [0.05, 0.1) is 5.92 Å². The number of sulfonamides is 1. The minimum atomic E-state index is -3.62. The highest BCUT2D eigenvalue weighted by Gasteiger charge is 2.35. The maximum absolute atomic E-state index is 12.7. The van der Waals surface area contributed by atoms with E-state index >= 15 is 0 Å². The highest BCUT2D eigenvalue weighted by atomic mass is 32.2. The summed E-state index contributed by atoms with van der Waals surface area (Å²) in [5, 5.41) is 4.43. The average Bonchev–Trinajstić information content (AvgIpc) is 3.30. The van der Waals surface area contributed by atoms with E-state index in [9.17, 15) is 18.0 Å². The van der Waals surface area contributed by atoms with Crippen LogP contribution in [-0.2, 0) is 24.3 Å². The van der Waals surface area contributed by atoms with Crippen molar-refractivity contribution in [2.45, 2.75) is 30.1 Å². The van der Waals surface area contributed by atoms with Gasteiger partial charge in [0.1, 0.15) is 4.21 Å². The van der Waals surface area contributed by atoms with Gasteiger partial charge in [-0.25, -0.2) is 8.42 Å². The molecule has 1 aliphatic rings. The van der Waals surface area contributed by atoms with E-state index in [1.54, 1.807) is 29.6 Å². The number of amides is 1. The molecule has 1 aromatic heterocycles. The summed E-state index contributed by atoms with van der Waals surface area (Å²) in [7, 11) is 0.229. The molecule has 0 saturated carbocycles. The minimum Gasteiger partial charge on any atom is -0.452 e. The average molecular weight is 466 g/mol. The van der Waals surface area contributed by atoms with Gasteiger partial charge in [-0.3, -0.25) is 9.59 Å². The van der Waals surface area contributed by atoms with Crippen molar-refractivity contribution < 1.29 is 22.7 Å². The van der Waals surface area contributed by atoms with Gasteiger partial charge in [-0.2, -0.15) is 4.31 Å². The van der Waals surface area contributed by atoms with Crippen molar-refractivity contribution in [3.05, 3.63) is 41.8 Å². The quantitative estimate of drug-likeness (QED) is 0.632. The van der Waals surface area contributed by atoms with E-state index in [1.165, 1.54) is 11.2 Å². The third-order valence-corrected chi connectivity index (χ3v) is 8.36. The molecule has 10 heteroatoms. The molecule has 2 atom stereocenters. The zero-order valence-electron chi connectivity index (χ0n) is 17.8. The van der Waals surface area contributed by atoms with Crippen LogP contribution in [0.4, 0.5) is 11.4 Å². The Morgan fingerprint density at radius 2 is 1.94 bits per heavy atom. The fourth-order valence-corrected chi connectivity index (χ4v) is 5.97. The summed E-state index contributed by atoms with van der Waals surface area (Å²) in [6.45, 7) is 1.92. The van der Waals surface area contributed by atoms with Gasteiger partial charge in [-0.15, -0.1) is 11.3 Å². The Balaban J connectivity index is 1.56. The molecular formula is C21H27N3O5S2. The van der Waals surface area contributed by atoms with Crippen LogP contribution >= 0.6 is 11.3 Å². The highest BCUT2D eigenvalue weighted by molar-refractivity contribution is 7.91. The second-order valence-corrected chi connectivity index (χ2v) is 10.8. The Morgan fingerprint density at radius 3 is 2.55 bits per heavy atom. The first-order valence-electron chi connectivity index (χ1n) is 10.0. The van der Waals surface area contributed by atoms with Gasteiger partial charge in [0.15, 0.2) is 6.10 Å². The van der Waals surface area contributed by atoms with Crippen molar-refractivity contribution in [3.63, 3.8) is 0 Å². The molecule has 1 aromatic carbocycles. The molecule has 1 amide bonds. The highest BCUT2D eigenvalue weighted by Crippen LogP contribution is 2.27. The molecule has 2 unspecified atom stereocenters. The molecule has 8 nitrogen and oxygen atoms in total. The lowest BCUT2D eigenvalue weighted by atomic mass is 10.00. The van der Waals surface area contributed by atoms with Crippen LogP contribution < -0.4 is 10.2 Å². The lowest BCUT2D eigenvalue weighted by Crippen LogP contribution is -2.43. The zero-order valence-corrected chi connectivity index (χ0v) is 19.4. The van der Waals surface area contributed by atoms with Gasteiger partial charge < -0.3 is 15.0 Å². The Morgan fingerprint density at radius 1 is 1.23 bits per heavy atom. The van der Waals surface area contributed by atoms with Crippen molar-refractivity contribution in [2.75, 3.05) is 37.4 Å². The van der Waals surface area contributed by atoms with E-state index in [0.717, 1.165) is 17.0 Å². The van der Waals surface area contributed by atoms with Crippen molar-refractivity contribution >= 4 is 44.6 Å². The van der Waals surface area contributed by atoms with Crippen LogP contribution in [0.2, 0.25) is 0 Å². The van der Waals surface area contributed by atoms with Gasteiger partial charge >= 0.3 is 5.97 Å². The molecule has 0 aliphatic carbocycles. The van der Waals surface area contributed by atoms with Gasteiger partial charge in [-0.1, -0.05) is 6.07 Å². The Hall–Kier alpha value is -2.43. The number of anilines is 2. The topological polar surface area (TPSA) is 96.0 Å². The molecule has 31 heavy (non-hydrogen) atoms. The molecule has 3 rings (SSSR count). The number of thiophene rings is 1. The fourth-order valence-electron chi connectivity index (χ4n) is 3.30. The van der Waals surface area contributed by atoms with Gasteiger partial charge in [-0.05, 0) is 55.5 Å². The number of carbonyl (C=O) groups excluding carboxylic acids is 2. The Kier molecular flexibility index (Phi) is 7.34. The Labute approximate surface area is 186 Å². The van der Waals surface area contributed by atoms with Crippen LogP contribution in [0.3, 0.4) is 0 Å². The summed E-state index contributed by atoms with van der Waals surface area (Å²) < 4.78 is 32.4. The molecule has 0 spiro atoms. The molecule has 0 radical (unpaired) electrons. The van der Waals surface area contributed by atoms with Crippen LogP contribution in [-0.4, -0.2) is 57.9 Å². The maximum atomic E-state index is 12.7. The molecule has 2 aromatic rings. The lowest BCUT2D eigenvalue weighted by Gasteiger charge is -2.30. The molecule has 1 fully saturated rings. The molecule has 1 N–H and O–H groups in total. The number of esters is 1. The molecule has 0 bridgehead atoms. The predicted molar refractivity (Wildman–Crippen MR) is 121 cm³/mol. The number of nitrogens with one attached hydrogen (secondary N) is 1. The van der Waals surface area contributed by atoms with Crippen molar-refractivity contribution in [1.82, 2.24) is 4.31 Å². The second-order valence-electron chi connectivity index (χ2n) is 7.64. The van der Waals surface area contributed by atoms with Gasteiger partial charge in [0, 0.05) is 38.6 Å². The number of nitrogens with zero attached hydrogens (tertiary/aromatic N) is 2. The molecule has 1 saturated heterocycles. The molecule has 2 heterocycles. The lowest BCUT2D eigenvalue weighted by molar-refractivity contribution is -0.158. The van der Waals surface area contributed by atoms with E-state index in [0.29, 0.717) is 25.1 Å². The number of rotatable bonds is 7. The van der Waals surface area contributed by atoms with E-state index in [-0.39, 0.29) is 10.8 Å². The number of hydrogen-bond acceptors (Lipinski definition) is 7. The van der Waals surface area contributed by atoms with Crippen molar-refractivity contribution in [3.8, 4) is 0 Å². The molecule has 1 aliphatic heterocycles. The largest absolute Gasteiger partial charge is 0.452 e. The standard InChI is InChI=1S/C21H27N3O5S2/c1-15(20(25)22-17-8-10-18(11-9-17)23(2)3)29-21(26)16-6-4-12-24(14-16)31(27,28)19-7-5-13-30-19/h5,7-11,13,15-16H,4,6,12,14H2,1-3H3,(H,22,25). The number of ether oxygens (including phenoxy) is 1. The maximum Gasteiger partial charge on any atom is 0.311 e. The summed E-state index contributed by atoms with van der Waals surface area (Å²) in [6.07, 6.45) is 0.0871. The number of hydrogen-bond donors (Lipinski definition) is 1. The second kappa shape index (κ2) is 9.80. The fraction of sp³-hybridized carbons (Fsp3) is 0.429. The third kappa shape index (κ3) is 5.63. The third-order valence-electron chi connectivity index (χ3n) is 5.12. The van der Waals surface area contributed by atoms with E-state index in [2.05, 4.69) is 5.32 Å². The van der Waals surface area contributed by atoms with E-state index < -0.39 is 33.9 Å². The van der Waals surface area contributed by atoms with Gasteiger partial charge in [0.2, 0.25) is 0 Å². The summed E-state index contributed by atoms with van der Waals surface area (Å²) in [4.78, 5) is 27.0. The summed E-state index contributed by atoms with van der Waals surface area (Å²) in [5.74, 6) is -1.60. The first kappa shape index (κ1) is 23.2. The van der Waals surface area contributed by atoms with Crippen LogP contribution in [0.1, 0.15) is 19.8 Å². The van der Waals surface area contributed by atoms with Crippen molar-refractivity contribution in [1.29, 1.82) is 0 Å². The van der Waals surface area contributed by atoms with Gasteiger partial charge in [0.25, 0.3) is 15.9 Å². The summed E-state index contributed by atoms with van der Waals surface area (Å²) in [6, 6.07) is 10.5. The first-order chi connectivity index (χ1) is 14.7. The predicted octanol–water partition coefficient (Wildman–Crippen LogP) is 2.79. The van der Waals surface area contributed by atoms with E-state index in [1.807, 2.05) is 31.1 Å². The monoisotopic (exact) mass is 465 g/mol. The van der Waals surface area contributed by atoms with Crippen LogP contribution in [0.25, 0.3) is 0 Å². The Bertz CT molecular complexity index is 1000. The summed E-state index contributed by atoms with van der Waals surface area (Å²) >= 11 is 1.15. The smallest absolute Gasteiger partial charge is 0.311 e. The number of carbonyl (C=O) groups is 2. The van der Waals surface area contributed by atoms with Crippen molar-refractivity contribution in [2.24, 2.45) is 5.92 Å². The molecule has 168 valence electrons. The van der Waals surface area contributed by atoms with Crippen LogP contribution in [0, 0.1) is 5.92 Å². The minimum absolute atomic E-state index is 0.0550. The normalized spacial score (nSPS) is 18.2. The number of benzene rings is 1. The summed E-state index contributed by atoms with van der Waals surface area (Å²) in [5.41, 5.74) is 1.60. The first-order valence-corrected chi connectivity index (χ1v) is 12.3. The van der Waals surface area contributed by atoms with E-state index in [4.69, 9.17) is 4.74 Å². The van der Waals surface area contributed by atoms with Crippen LogP contribution in [0.15, 0.2) is 46.0 Å². The zero-order chi connectivity index (χ0) is 22.6. The van der Waals surface area contributed by atoms with Crippen LogP contribution in [0.5, 0.6) is 0 Å².